The molecule has 0 unspecified atom stereocenters. The molecule has 2 rings (SSSR count). The van der Waals surface area contributed by atoms with Gasteiger partial charge in [0.1, 0.15) is 24.2 Å². The molecule has 0 N–H and O–H groups in total. The first kappa shape index (κ1) is 27.9. The van der Waals surface area contributed by atoms with Gasteiger partial charge in [-0.25, -0.2) is 20.0 Å². The maximum absolute atomic E-state index is 5.85. The SMILES string of the molecule is CCOC1=N[C@H](CC=CC[C@H]2N=C(OCC)[C@H](C(C)C)N=C2OCC)C(OCC)=N[C@H]1C(C)C. The molecule has 4 atom stereocenters. The van der Waals surface area contributed by atoms with Crippen LogP contribution in [0.1, 0.15) is 68.2 Å². The molecule has 0 aromatic rings. The average Bonchev–Trinajstić information content (AvgIpc) is 2.79. The Hall–Kier alpha value is -2.38. The summed E-state index contributed by atoms with van der Waals surface area (Å²) in [4.78, 5) is 19.4. The highest BCUT2D eigenvalue weighted by Crippen LogP contribution is 2.22. The van der Waals surface area contributed by atoms with Crippen LogP contribution in [0.4, 0.5) is 0 Å². The first-order valence-electron chi connectivity index (χ1n) is 12.8. The van der Waals surface area contributed by atoms with Crippen LogP contribution in [0.5, 0.6) is 0 Å². The summed E-state index contributed by atoms with van der Waals surface area (Å²) in [5.74, 6) is 3.32. The molecule has 0 saturated carbocycles. The van der Waals surface area contributed by atoms with E-state index in [2.05, 4.69) is 39.8 Å². The van der Waals surface area contributed by atoms with Gasteiger partial charge < -0.3 is 18.9 Å². The molecule has 0 aliphatic carbocycles. The fourth-order valence-corrected chi connectivity index (χ4v) is 3.86. The minimum Gasteiger partial charge on any atom is -0.480 e. The highest BCUT2D eigenvalue weighted by atomic mass is 16.5. The van der Waals surface area contributed by atoms with E-state index in [1.54, 1.807) is 0 Å². The number of hydrogen-bond donors (Lipinski definition) is 0. The lowest BCUT2D eigenvalue weighted by Gasteiger charge is -2.28. The third-order valence-electron chi connectivity index (χ3n) is 5.49. The zero-order chi connectivity index (χ0) is 25.1. The maximum Gasteiger partial charge on any atom is 0.210 e. The van der Waals surface area contributed by atoms with E-state index < -0.39 is 0 Å². The Bertz CT molecular complexity index is 722. The van der Waals surface area contributed by atoms with Crippen LogP contribution in [0, 0.1) is 11.8 Å². The summed E-state index contributed by atoms with van der Waals surface area (Å²) in [6, 6.07) is -0.581. The average molecular weight is 477 g/mol. The fraction of sp³-hybridized carbons (Fsp3) is 0.769. The summed E-state index contributed by atoms with van der Waals surface area (Å²) in [6.45, 7) is 18.6. The molecule has 0 bridgehead atoms. The molecular formula is C26H44N4O4. The van der Waals surface area contributed by atoms with Gasteiger partial charge in [-0.2, -0.15) is 0 Å². The van der Waals surface area contributed by atoms with Gasteiger partial charge in [0.05, 0.1) is 26.4 Å². The molecule has 2 aliphatic heterocycles. The summed E-state index contributed by atoms with van der Waals surface area (Å²) < 4.78 is 23.3. The molecule has 0 fully saturated rings. The van der Waals surface area contributed by atoms with E-state index >= 15 is 0 Å². The smallest absolute Gasteiger partial charge is 0.210 e. The second-order valence-corrected chi connectivity index (χ2v) is 8.95. The first-order chi connectivity index (χ1) is 16.4. The number of hydrogen-bond acceptors (Lipinski definition) is 8. The predicted molar refractivity (Wildman–Crippen MR) is 139 cm³/mol. The molecule has 8 heteroatoms. The largest absolute Gasteiger partial charge is 0.480 e. The lowest BCUT2D eigenvalue weighted by molar-refractivity contribution is 0.275. The van der Waals surface area contributed by atoms with Crippen LogP contribution in [0.2, 0.25) is 0 Å². The number of aliphatic imine (C=N–C) groups is 4. The van der Waals surface area contributed by atoms with E-state index in [1.807, 2.05) is 27.7 Å². The summed E-state index contributed by atoms with van der Waals surface area (Å²) >= 11 is 0. The van der Waals surface area contributed by atoms with Crippen molar-refractivity contribution >= 4 is 23.6 Å². The van der Waals surface area contributed by atoms with Crippen molar-refractivity contribution in [3.05, 3.63) is 12.2 Å². The Morgan fingerprint density at radius 3 is 1.18 bits per heavy atom. The van der Waals surface area contributed by atoms with E-state index in [4.69, 9.17) is 38.9 Å². The molecule has 2 heterocycles. The summed E-state index contributed by atoms with van der Waals surface area (Å²) in [6.07, 6.45) is 5.56. The second kappa shape index (κ2) is 14.1. The van der Waals surface area contributed by atoms with Crippen molar-refractivity contribution in [2.24, 2.45) is 31.8 Å². The monoisotopic (exact) mass is 476 g/mol. The second-order valence-electron chi connectivity index (χ2n) is 8.95. The van der Waals surface area contributed by atoms with Crippen molar-refractivity contribution in [2.75, 3.05) is 26.4 Å². The lowest BCUT2D eigenvalue weighted by atomic mass is 10.0. The van der Waals surface area contributed by atoms with Gasteiger partial charge in [0, 0.05) is 0 Å². The summed E-state index contributed by atoms with van der Waals surface area (Å²) in [5.41, 5.74) is 0. The van der Waals surface area contributed by atoms with Gasteiger partial charge in [0.2, 0.25) is 23.6 Å². The quantitative estimate of drug-likeness (QED) is 0.421. The Morgan fingerprint density at radius 2 is 0.882 bits per heavy atom. The van der Waals surface area contributed by atoms with Crippen molar-refractivity contribution in [3.8, 4) is 0 Å². The highest BCUT2D eigenvalue weighted by molar-refractivity contribution is 5.95. The van der Waals surface area contributed by atoms with Crippen LogP contribution >= 0.6 is 0 Å². The van der Waals surface area contributed by atoms with Crippen LogP contribution in [0.3, 0.4) is 0 Å². The van der Waals surface area contributed by atoms with Gasteiger partial charge in [0.25, 0.3) is 0 Å². The minimum absolute atomic E-state index is 0.103. The third-order valence-corrected chi connectivity index (χ3v) is 5.49. The molecule has 192 valence electrons. The summed E-state index contributed by atoms with van der Waals surface area (Å²) in [7, 11) is 0. The van der Waals surface area contributed by atoms with Crippen LogP contribution in [0.15, 0.2) is 32.1 Å². The molecule has 2 aliphatic rings. The number of nitrogens with zero attached hydrogens (tertiary/aromatic N) is 4. The van der Waals surface area contributed by atoms with E-state index in [1.165, 1.54) is 0 Å². The maximum atomic E-state index is 5.85. The van der Waals surface area contributed by atoms with Gasteiger partial charge in [-0.05, 0) is 52.4 Å². The predicted octanol–water partition coefficient (Wildman–Crippen LogP) is 4.88. The van der Waals surface area contributed by atoms with E-state index in [9.17, 15) is 0 Å². The fourth-order valence-electron chi connectivity index (χ4n) is 3.86. The highest BCUT2D eigenvalue weighted by Gasteiger charge is 2.32. The van der Waals surface area contributed by atoms with Crippen LogP contribution in [-0.4, -0.2) is 74.2 Å². The molecule has 0 radical (unpaired) electrons. The van der Waals surface area contributed by atoms with Crippen LogP contribution in [-0.2, 0) is 18.9 Å². The molecule has 0 amide bonds. The van der Waals surface area contributed by atoms with Gasteiger partial charge >= 0.3 is 0 Å². The van der Waals surface area contributed by atoms with E-state index in [0.29, 0.717) is 62.9 Å². The topological polar surface area (TPSA) is 86.4 Å². The molecule has 0 saturated heterocycles. The third kappa shape index (κ3) is 7.57. The first-order valence-corrected chi connectivity index (χ1v) is 12.8. The van der Waals surface area contributed by atoms with E-state index in [-0.39, 0.29) is 36.0 Å². The van der Waals surface area contributed by atoms with Crippen molar-refractivity contribution in [1.29, 1.82) is 0 Å². The molecule has 0 aromatic heterocycles. The van der Waals surface area contributed by atoms with Crippen LogP contribution < -0.4 is 0 Å². The molecular weight excluding hydrogens is 432 g/mol. The van der Waals surface area contributed by atoms with Crippen LogP contribution in [0.25, 0.3) is 0 Å². The Morgan fingerprint density at radius 1 is 0.559 bits per heavy atom. The number of rotatable bonds is 10. The molecule has 8 nitrogen and oxygen atoms in total. The Kier molecular flexibility index (Phi) is 11.6. The zero-order valence-electron chi connectivity index (χ0n) is 22.3. The van der Waals surface area contributed by atoms with Gasteiger partial charge in [-0.3, -0.25) is 0 Å². The van der Waals surface area contributed by atoms with Crippen molar-refractivity contribution in [1.82, 2.24) is 0 Å². The normalized spacial score (nSPS) is 25.1. The molecule has 34 heavy (non-hydrogen) atoms. The van der Waals surface area contributed by atoms with Crippen molar-refractivity contribution in [3.63, 3.8) is 0 Å². The van der Waals surface area contributed by atoms with Crippen molar-refractivity contribution in [2.45, 2.75) is 92.4 Å². The van der Waals surface area contributed by atoms with Gasteiger partial charge in [-0.1, -0.05) is 39.8 Å². The van der Waals surface area contributed by atoms with Crippen molar-refractivity contribution < 1.29 is 18.9 Å². The lowest BCUT2D eigenvalue weighted by Crippen LogP contribution is -2.38. The zero-order valence-corrected chi connectivity index (χ0v) is 22.3. The molecule has 0 aromatic carbocycles. The number of ether oxygens (including phenoxy) is 4. The minimum atomic E-state index is -0.188. The van der Waals surface area contributed by atoms with Gasteiger partial charge in [-0.15, -0.1) is 0 Å². The summed E-state index contributed by atoms with van der Waals surface area (Å²) in [5, 5.41) is 0. The standard InChI is InChI=1S/C26H44N4O4/c1-9-31-23-19(27-25(33-11-3)21(29-23)17(5)6)15-13-14-16-20-24(32-10-2)30-22(18(7)8)26(28-20)34-12-4/h13-14,17-22H,9-12,15-16H2,1-8H3/t19-,20-,21+,22+/m1/s1. The Labute approximate surface area is 205 Å². The molecule has 0 spiro atoms. The van der Waals surface area contributed by atoms with Gasteiger partial charge in [0.15, 0.2) is 0 Å². The Balaban J connectivity index is 2.14. The van der Waals surface area contributed by atoms with E-state index in [0.717, 1.165) is 0 Å².